The molecule has 2 heterocycles. The van der Waals surface area contributed by atoms with Crippen molar-refractivity contribution in [2.24, 2.45) is 5.41 Å². The second kappa shape index (κ2) is 8.28. The second-order valence-corrected chi connectivity index (χ2v) is 12.4. The summed E-state index contributed by atoms with van der Waals surface area (Å²) in [7, 11) is -2.99. The predicted molar refractivity (Wildman–Crippen MR) is 132 cm³/mol. The Bertz CT molecular complexity index is 1400. The molecule has 0 N–H and O–H groups in total. The summed E-state index contributed by atoms with van der Waals surface area (Å²) in [4.78, 5) is 26.7. The number of nitrogens with zero attached hydrogens (tertiary/aromatic N) is 2. The molecule has 1 aromatic heterocycles. The summed E-state index contributed by atoms with van der Waals surface area (Å²) in [5.74, 6) is 0.268. The van der Waals surface area contributed by atoms with Gasteiger partial charge in [-0.2, -0.15) is 0 Å². The first kappa shape index (κ1) is 23.5. The van der Waals surface area contributed by atoms with Crippen LogP contribution in [-0.2, 0) is 9.84 Å². The van der Waals surface area contributed by atoms with Crippen LogP contribution >= 0.6 is 0 Å². The molecule has 0 saturated carbocycles. The third kappa shape index (κ3) is 4.43. The number of rotatable bonds is 5. The van der Waals surface area contributed by atoms with E-state index in [-0.39, 0.29) is 34.4 Å². The number of hydrogen-bond acceptors (Lipinski definition) is 4. The number of aromatic nitrogens is 2. The van der Waals surface area contributed by atoms with Crippen LogP contribution in [0.3, 0.4) is 0 Å². The Balaban J connectivity index is 1.78. The molecule has 0 radical (unpaired) electrons. The Morgan fingerprint density at radius 3 is 2.33 bits per heavy atom. The Kier molecular flexibility index (Phi) is 5.89. The van der Waals surface area contributed by atoms with Crippen molar-refractivity contribution in [3.63, 3.8) is 0 Å². The quantitative estimate of drug-likeness (QED) is 0.505. The zero-order valence-electron chi connectivity index (χ0n) is 20.0. The molecule has 1 aliphatic rings. The highest BCUT2D eigenvalue weighted by molar-refractivity contribution is 7.91. The largest absolute Gasteiger partial charge is 0.333 e. The minimum atomic E-state index is -2.99. The zero-order valence-corrected chi connectivity index (χ0v) is 20.8. The van der Waals surface area contributed by atoms with E-state index in [2.05, 4.69) is 0 Å². The fourth-order valence-electron chi connectivity index (χ4n) is 4.78. The number of aryl methyl sites for hydroxylation is 2. The Hall–Kier alpha value is -2.67. The Morgan fingerprint density at radius 2 is 1.70 bits per heavy atom. The van der Waals surface area contributed by atoms with Crippen molar-refractivity contribution in [3.8, 4) is 5.69 Å². The fourth-order valence-corrected chi connectivity index (χ4v) is 6.59. The van der Waals surface area contributed by atoms with Gasteiger partial charge in [0, 0.05) is 18.0 Å². The van der Waals surface area contributed by atoms with E-state index in [0.717, 1.165) is 27.8 Å². The van der Waals surface area contributed by atoms with E-state index >= 15 is 0 Å². The smallest absolute Gasteiger partial charge is 0.294 e. The summed E-state index contributed by atoms with van der Waals surface area (Å²) in [5, 5.41) is 0. The highest BCUT2D eigenvalue weighted by atomic mass is 32.2. The van der Waals surface area contributed by atoms with E-state index in [1.54, 1.807) is 15.2 Å². The number of imidazole rings is 1. The van der Waals surface area contributed by atoms with Gasteiger partial charge in [0.15, 0.2) is 5.78 Å². The maximum Gasteiger partial charge on any atom is 0.333 e. The summed E-state index contributed by atoms with van der Waals surface area (Å²) in [6, 6.07) is 11.5. The monoisotopic (exact) mass is 468 g/mol. The molecule has 1 saturated heterocycles. The van der Waals surface area contributed by atoms with Gasteiger partial charge in [-0.15, -0.1) is 0 Å². The van der Waals surface area contributed by atoms with Crippen LogP contribution in [-0.4, -0.2) is 34.8 Å². The van der Waals surface area contributed by atoms with E-state index in [4.69, 9.17) is 0 Å². The molecule has 3 aromatic rings. The van der Waals surface area contributed by atoms with Gasteiger partial charge in [0.25, 0.3) is 0 Å². The summed E-state index contributed by atoms with van der Waals surface area (Å²) in [5.41, 5.74) is 4.55. The molecular formula is C26H32N2O4S. The Morgan fingerprint density at radius 1 is 1.03 bits per heavy atom. The van der Waals surface area contributed by atoms with E-state index in [0.29, 0.717) is 24.8 Å². The van der Waals surface area contributed by atoms with Crippen molar-refractivity contribution >= 4 is 26.7 Å². The van der Waals surface area contributed by atoms with E-state index in [1.165, 1.54) is 0 Å². The summed E-state index contributed by atoms with van der Waals surface area (Å²) < 4.78 is 27.1. The van der Waals surface area contributed by atoms with Gasteiger partial charge in [-0.05, 0) is 81.3 Å². The first-order chi connectivity index (χ1) is 15.4. The molecule has 0 aliphatic carbocycles. The lowest BCUT2D eigenvalue weighted by Gasteiger charge is -2.32. The molecule has 0 bridgehead atoms. The normalized spacial score (nSPS) is 17.5. The van der Waals surface area contributed by atoms with Crippen LogP contribution in [0, 0.1) is 19.3 Å². The van der Waals surface area contributed by atoms with Gasteiger partial charge in [-0.1, -0.05) is 19.1 Å². The molecule has 0 atom stereocenters. The van der Waals surface area contributed by atoms with E-state index in [9.17, 15) is 18.0 Å². The maximum atomic E-state index is 13.5. The molecule has 7 heteroatoms. The topological polar surface area (TPSA) is 78.1 Å². The van der Waals surface area contributed by atoms with Crippen molar-refractivity contribution in [2.75, 3.05) is 11.5 Å². The van der Waals surface area contributed by atoms with Crippen molar-refractivity contribution in [3.05, 3.63) is 63.6 Å². The van der Waals surface area contributed by atoms with Gasteiger partial charge in [-0.3, -0.25) is 13.9 Å². The van der Waals surface area contributed by atoms with Crippen LogP contribution in [0.2, 0.25) is 0 Å². The number of Topliss-reactive ketones (excluding diaryl/α,β-unsaturated/α-hetero) is 1. The van der Waals surface area contributed by atoms with Crippen LogP contribution < -0.4 is 5.69 Å². The van der Waals surface area contributed by atoms with Crippen LogP contribution in [0.5, 0.6) is 0 Å². The van der Waals surface area contributed by atoms with Gasteiger partial charge in [0.1, 0.15) is 9.84 Å². The summed E-state index contributed by atoms with van der Waals surface area (Å²) in [6.45, 7) is 9.92. The van der Waals surface area contributed by atoms with Gasteiger partial charge in [-0.25, -0.2) is 13.2 Å². The number of carbonyl (C=O) groups is 1. The van der Waals surface area contributed by atoms with E-state index in [1.807, 2.05) is 65.0 Å². The first-order valence-electron chi connectivity index (χ1n) is 11.5. The molecular weight excluding hydrogens is 436 g/mol. The molecule has 0 spiro atoms. The third-order valence-electron chi connectivity index (χ3n) is 6.94. The Labute approximate surface area is 195 Å². The summed E-state index contributed by atoms with van der Waals surface area (Å²) >= 11 is 0. The summed E-state index contributed by atoms with van der Waals surface area (Å²) in [6.07, 6.45) is 1.31. The number of benzene rings is 2. The third-order valence-corrected chi connectivity index (χ3v) is 8.59. The number of hydrogen-bond donors (Lipinski definition) is 0. The highest BCUT2D eigenvalue weighted by Crippen LogP contribution is 2.37. The average Bonchev–Trinajstić information content (AvgIpc) is 3.03. The number of carbonyl (C=O) groups excluding carboxylic acids is 1. The minimum Gasteiger partial charge on any atom is -0.294 e. The number of ketones is 1. The minimum absolute atomic E-state index is 0.0130. The van der Waals surface area contributed by atoms with Gasteiger partial charge < -0.3 is 0 Å². The highest BCUT2D eigenvalue weighted by Gasteiger charge is 2.35. The van der Waals surface area contributed by atoms with Crippen LogP contribution in [0.4, 0.5) is 0 Å². The first-order valence-corrected chi connectivity index (χ1v) is 13.3. The molecule has 1 aliphatic heterocycles. The van der Waals surface area contributed by atoms with Gasteiger partial charge in [0.2, 0.25) is 0 Å². The lowest BCUT2D eigenvalue weighted by Crippen LogP contribution is -2.33. The van der Waals surface area contributed by atoms with Gasteiger partial charge >= 0.3 is 5.69 Å². The molecule has 6 nitrogen and oxygen atoms in total. The fraction of sp³-hybridized carbons (Fsp3) is 0.462. The second-order valence-electron chi connectivity index (χ2n) is 10.1. The average molecular weight is 469 g/mol. The molecule has 4 rings (SSSR count). The molecule has 33 heavy (non-hydrogen) atoms. The number of fused-ring (bicyclic) bond motifs is 1. The van der Waals surface area contributed by atoms with Crippen LogP contribution in [0.25, 0.3) is 16.7 Å². The zero-order chi connectivity index (χ0) is 24.1. The van der Waals surface area contributed by atoms with Gasteiger partial charge in [0.05, 0.1) is 28.2 Å². The standard InChI is InChI=1S/C26H32N2O4S/c1-17(2)27-23-15-20(24(29)16-26(5)10-12-33(31,32)13-11-26)8-9-21(23)28(25(27)30)22-14-18(3)6-7-19(22)4/h6-9,14-15,17H,10-13,16H2,1-5H3. The predicted octanol–water partition coefficient (Wildman–Crippen LogP) is 4.78. The lowest BCUT2D eigenvalue weighted by molar-refractivity contribution is 0.0911. The molecule has 0 unspecified atom stereocenters. The molecule has 176 valence electrons. The molecule has 0 amide bonds. The van der Waals surface area contributed by atoms with Crippen molar-refractivity contribution in [2.45, 2.75) is 59.9 Å². The van der Waals surface area contributed by atoms with Crippen LogP contribution in [0.15, 0.2) is 41.2 Å². The van der Waals surface area contributed by atoms with E-state index < -0.39 is 9.84 Å². The van der Waals surface area contributed by atoms with Crippen LogP contribution in [0.1, 0.15) is 67.6 Å². The van der Waals surface area contributed by atoms with Crippen molar-refractivity contribution < 1.29 is 13.2 Å². The molecule has 2 aromatic carbocycles. The maximum absolute atomic E-state index is 13.5. The van der Waals surface area contributed by atoms with Crippen molar-refractivity contribution in [1.82, 2.24) is 9.13 Å². The molecule has 1 fully saturated rings. The number of sulfone groups is 1. The lowest BCUT2D eigenvalue weighted by atomic mass is 9.78. The SMILES string of the molecule is Cc1ccc(C)c(-n2c(=O)n(C(C)C)c3cc(C(=O)CC4(C)CCS(=O)(=O)CC4)ccc32)c1. The van der Waals surface area contributed by atoms with Crippen molar-refractivity contribution in [1.29, 1.82) is 0 Å².